The van der Waals surface area contributed by atoms with Crippen molar-refractivity contribution in [2.45, 2.75) is 18.9 Å². The van der Waals surface area contributed by atoms with Crippen LogP contribution in [0.3, 0.4) is 0 Å². The van der Waals surface area contributed by atoms with E-state index in [0.717, 1.165) is 11.3 Å². The van der Waals surface area contributed by atoms with E-state index in [1.165, 1.54) is 0 Å². The molecule has 1 rings (SSSR count). The number of aliphatic hydroxyl groups is 1. The van der Waals surface area contributed by atoms with Gasteiger partial charge in [-0.25, -0.2) is 0 Å². The molecular formula is C11H17NO2. The molecule has 0 radical (unpaired) electrons. The van der Waals surface area contributed by atoms with Gasteiger partial charge in [-0.1, -0.05) is 19.1 Å². The van der Waals surface area contributed by atoms with Crippen molar-refractivity contribution in [3.8, 4) is 5.75 Å². The van der Waals surface area contributed by atoms with Gasteiger partial charge in [0.2, 0.25) is 0 Å². The highest BCUT2D eigenvalue weighted by Gasteiger charge is 2.25. The molecule has 0 aliphatic heterocycles. The maximum Gasteiger partial charge on any atom is 0.119 e. The third-order valence-electron chi connectivity index (χ3n) is 2.53. The maximum atomic E-state index is 10.1. The molecule has 0 spiro atoms. The molecule has 1 aromatic carbocycles. The smallest absolute Gasteiger partial charge is 0.119 e. The van der Waals surface area contributed by atoms with E-state index in [1.807, 2.05) is 31.2 Å². The van der Waals surface area contributed by atoms with Crippen molar-refractivity contribution in [3.63, 3.8) is 0 Å². The zero-order chi connectivity index (χ0) is 10.6. The van der Waals surface area contributed by atoms with Crippen molar-refractivity contribution < 1.29 is 9.84 Å². The molecule has 0 amide bonds. The minimum Gasteiger partial charge on any atom is -0.497 e. The van der Waals surface area contributed by atoms with E-state index < -0.39 is 5.60 Å². The number of hydrogen-bond donors (Lipinski definition) is 2. The molecule has 3 heteroatoms. The van der Waals surface area contributed by atoms with Gasteiger partial charge in [-0.15, -0.1) is 0 Å². The van der Waals surface area contributed by atoms with Gasteiger partial charge in [0.15, 0.2) is 0 Å². The average Bonchev–Trinajstić information content (AvgIpc) is 2.28. The van der Waals surface area contributed by atoms with E-state index in [2.05, 4.69) is 0 Å². The zero-order valence-corrected chi connectivity index (χ0v) is 8.66. The Balaban J connectivity index is 3.04. The first-order valence-electron chi connectivity index (χ1n) is 4.73. The van der Waals surface area contributed by atoms with Crippen molar-refractivity contribution in [2.24, 2.45) is 5.73 Å². The van der Waals surface area contributed by atoms with Crippen LogP contribution in [0.25, 0.3) is 0 Å². The molecule has 3 N–H and O–H groups in total. The molecule has 3 nitrogen and oxygen atoms in total. The van der Waals surface area contributed by atoms with E-state index in [1.54, 1.807) is 7.11 Å². The summed E-state index contributed by atoms with van der Waals surface area (Å²) in [6, 6.07) is 7.37. The Hall–Kier alpha value is -1.06. The lowest BCUT2D eigenvalue weighted by Gasteiger charge is -2.25. The monoisotopic (exact) mass is 195 g/mol. The lowest BCUT2D eigenvalue weighted by Crippen LogP contribution is -2.34. The average molecular weight is 195 g/mol. The van der Waals surface area contributed by atoms with Gasteiger partial charge < -0.3 is 15.6 Å². The first-order valence-corrected chi connectivity index (χ1v) is 4.73. The van der Waals surface area contributed by atoms with E-state index in [4.69, 9.17) is 10.5 Å². The molecule has 0 fully saturated rings. The Morgan fingerprint density at radius 2 is 2.21 bits per heavy atom. The number of benzene rings is 1. The minimum atomic E-state index is -0.936. The second-order valence-electron chi connectivity index (χ2n) is 3.32. The number of hydrogen-bond acceptors (Lipinski definition) is 3. The van der Waals surface area contributed by atoms with Crippen LogP contribution in [-0.4, -0.2) is 18.8 Å². The van der Waals surface area contributed by atoms with Crippen molar-refractivity contribution >= 4 is 0 Å². The van der Waals surface area contributed by atoms with Crippen molar-refractivity contribution in [1.82, 2.24) is 0 Å². The SMILES string of the molecule is CCC(O)(CN)c1cccc(OC)c1. The van der Waals surface area contributed by atoms with Crippen molar-refractivity contribution in [2.75, 3.05) is 13.7 Å². The zero-order valence-electron chi connectivity index (χ0n) is 8.66. The summed E-state index contributed by atoms with van der Waals surface area (Å²) in [5.41, 5.74) is 5.42. The van der Waals surface area contributed by atoms with Gasteiger partial charge in [-0.2, -0.15) is 0 Å². The summed E-state index contributed by atoms with van der Waals surface area (Å²) >= 11 is 0. The summed E-state index contributed by atoms with van der Waals surface area (Å²) in [5.74, 6) is 0.739. The van der Waals surface area contributed by atoms with Gasteiger partial charge in [0, 0.05) is 6.54 Å². The van der Waals surface area contributed by atoms with Gasteiger partial charge in [0.1, 0.15) is 11.4 Å². The highest BCUT2D eigenvalue weighted by atomic mass is 16.5. The third kappa shape index (κ3) is 2.05. The number of methoxy groups -OCH3 is 1. The minimum absolute atomic E-state index is 0.219. The third-order valence-corrected chi connectivity index (χ3v) is 2.53. The van der Waals surface area contributed by atoms with Crippen LogP contribution in [0.15, 0.2) is 24.3 Å². The van der Waals surface area contributed by atoms with Crippen LogP contribution >= 0.6 is 0 Å². The summed E-state index contributed by atoms with van der Waals surface area (Å²) in [6.07, 6.45) is 0.594. The molecular weight excluding hydrogens is 178 g/mol. The van der Waals surface area contributed by atoms with Crippen LogP contribution in [0.5, 0.6) is 5.75 Å². The molecule has 1 atom stereocenters. The highest BCUT2D eigenvalue weighted by Crippen LogP contribution is 2.26. The quantitative estimate of drug-likeness (QED) is 0.760. The van der Waals surface area contributed by atoms with Crippen molar-refractivity contribution in [3.05, 3.63) is 29.8 Å². The van der Waals surface area contributed by atoms with E-state index >= 15 is 0 Å². The van der Waals surface area contributed by atoms with E-state index in [9.17, 15) is 5.11 Å². The molecule has 0 aliphatic rings. The first-order chi connectivity index (χ1) is 6.66. The summed E-state index contributed by atoms with van der Waals surface area (Å²) in [6.45, 7) is 2.13. The lowest BCUT2D eigenvalue weighted by atomic mass is 9.91. The standard InChI is InChI=1S/C11H17NO2/c1-3-11(13,8-12)9-5-4-6-10(7-9)14-2/h4-7,13H,3,8,12H2,1-2H3. The molecule has 0 aliphatic carbocycles. The van der Waals surface area contributed by atoms with Gasteiger partial charge >= 0.3 is 0 Å². The second kappa shape index (κ2) is 4.44. The predicted octanol–water partition coefficient (Wildman–Crippen LogP) is 1.25. The normalized spacial score (nSPS) is 14.9. The largest absolute Gasteiger partial charge is 0.497 e. The Morgan fingerprint density at radius 1 is 1.50 bits per heavy atom. The number of ether oxygens (including phenoxy) is 1. The molecule has 0 saturated carbocycles. The second-order valence-corrected chi connectivity index (χ2v) is 3.32. The van der Waals surface area contributed by atoms with Crippen LogP contribution in [-0.2, 0) is 5.60 Å². The molecule has 0 aromatic heterocycles. The molecule has 14 heavy (non-hydrogen) atoms. The molecule has 1 unspecified atom stereocenters. The topological polar surface area (TPSA) is 55.5 Å². The van der Waals surface area contributed by atoms with Gasteiger partial charge in [-0.3, -0.25) is 0 Å². The van der Waals surface area contributed by atoms with Crippen molar-refractivity contribution in [1.29, 1.82) is 0 Å². The Morgan fingerprint density at radius 3 is 2.71 bits per heavy atom. The molecule has 0 saturated heterocycles. The maximum absolute atomic E-state index is 10.1. The van der Waals surface area contributed by atoms with Gasteiger partial charge in [-0.05, 0) is 24.1 Å². The van der Waals surface area contributed by atoms with E-state index in [0.29, 0.717) is 6.42 Å². The lowest BCUT2D eigenvalue weighted by molar-refractivity contribution is 0.0416. The fourth-order valence-corrected chi connectivity index (χ4v) is 1.38. The van der Waals surface area contributed by atoms with Gasteiger partial charge in [0.25, 0.3) is 0 Å². The van der Waals surface area contributed by atoms with Crippen LogP contribution in [0.2, 0.25) is 0 Å². The van der Waals surface area contributed by atoms with Crippen LogP contribution in [0.1, 0.15) is 18.9 Å². The van der Waals surface area contributed by atoms with Crippen LogP contribution < -0.4 is 10.5 Å². The predicted molar refractivity (Wildman–Crippen MR) is 56.2 cm³/mol. The fourth-order valence-electron chi connectivity index (χ4n) is 1.38. The van der Waals surface area contributed by atoms with E-state index in [-0.39, 0.29) is 6.54 Å². The molecule has 78 valence electrons. The molecule has 0 heterocycles. The fraction of sp³-hybridized carbons (Fsp3) is 0.455. The van der Waals surface area contributed by atoms with Crippen LogP contribution in [0.4, 0.5) is 0 Å². The molecule has 1 aromatic rings. The highest BCUT2D eigenvalue weighted by molar-refractivity contribution is 5.32. The Labute approximate surface area is 84.5 Å². The summed E-state index contributed by atoms with van der Waals surface area (Å²) < 4.78 is 5.09. The van der Waals surface area contributed by atoms with Gasteiger partial charge in [0.05, 0.1) is 7.11 Å². The summed E-state index contributed by atoms with van der Waals surface area (Å²) in [4.78, 5) is 0. The number of nitrogens with two attached hydrogens (primary N) is 1. The van der Waals surface area contributed by atoms with Crippen LogP contribution in [0, 0.1) is 0 Å². The molecule has 0 bridgehead atoms. The Kier molecular flexibility index (Phi) is 3.49. The first kappa shape index (κ1) is 11.0. The Bertz CT molecular complexity index is 295. The summed E-state index contributed by atoms with van der Waals surface area (Å²) in [5, 5.41) is 10.1. The summed E-state index contributed by atoms with van der Waals surface area (Å²) in [7, 11) is 1.60. The number of rotatable bonds is 4.